The zero-order valence-electron chi connectivity index (χ0n) is 13.3. The van der Waals surface area contributed by atoms with Gasteiger partial charge in [0, 0.05) is 45.3 Å². The molecule has 2 heterocycles. The summed E-state index contributed by atoms with van der Waals surface area (Å²) < 4.78 is 19.2. The van der Waals surface area contributed by atoms with E-state index < -0.39 is 5.82 Å². The maximum Gasteiger partial charge on any atom is 0.257 e. The zero-order chi connectivity index (χ0) is 15.5. The number of carbonyl (C=O) groups excluding carboxylic acids is 1. The SMILES string of the molecule is COc1cccc(C(=O)N2CCC(N3CCNCC3)C2)c1F.Cl. The minimum Gasteiger partial charge on any atom is -0.494 e. The number of likely N-dealkylation sites (tertiary alicyclic amines) is 1. The van der Waals surface area contributed by atoms with Gasteiger partial charge in [0.25, 0.3) is 5.91 Å². The van der Waals surface area contributed by atoms with Gasteiger partial charge in [-0.05, 0) is 18.6 Å². The lowest BCUT2D eigenvalue weighted by Gasteiger charge is -2.32. The van der Waals surface area contributed by atoms with Crippen LogP contribution in [0.15, 0.2) is 18.2 Å². The molecule has 2 saturated heterocycles. The summed E-state index contributed by atoms with van der Waals surface area (Å²) in [6.45, 7) is 5.38. The van der Waals surface area contributed by atoms with Gasteiger partial charge in [-0.1, -0.05) is 6.07 Å². The lowest BCUT2D eigenvalue weighted by molar-refractivity contribution is 0.0768. The number of piperazine rings is 1. The van der Waals surface area contributed by atoms with Gasteiger partial charge in [-0.3, -0.25) is 9.69 Å². The molecule has 1 unspecified atom stereocenters. The van der Waals surface area contributed by atoms with Crippen LogP contribution in [-0.2, 0) is 0 Å². The van der Waals surface area contributed by atoms with Gasteiger partial charge in [-0.25, -0.2) is 4.39 Å². The molecule has 3 rings (SSSR count). The van der Waals surface area contributed by atoms with E-state index in [4.69, 9.17) is 4.74 Å². The molecule has 0 aromatic heterocycles. The van der Waals surface area contributed by atoms with Crippen molar-refractivity contribution in [2.75, 3.05) is 46.4 Å². The van der Waals surface area contributed by atoms with Gasteiger partial charge >= 0.3 is 0 Å². The Balaban J connectivity index is 0.00000192. The molecule has 1 atom stereocenters. The number of amides is 1. The Bertz CT molecular complexity index is 552. The molecule has 1 N–H and O–H groups in total. The van der Waals surface area contributed by atoms with Crippen LogP contribution >= 0.6 is 12.4 Å². The van der Waals surface area contributed by atoms with Crippen LogP contribution in [0.3, 0.4) is 0 Å². The second kappa shape index (κ2) is 7.95. The minimum atomic E-state index is -0.569. The molecule has 1 aromatic carbocycles. The van der Waals surface area contributed by atoms with Gasteiger partial charge in [-0.15, -0.1) is 12.4 Å². The number of carbonyl (C=O) groups is 1. The van der Waals surface area contributed by atoms with Crippen molar-refractivity contribution in [3.63, 3.8) is 0 Å². The highest BCUT2D eigenvalue weighted by atomic mass is 35.5. The van der Waals surface area contributed by atoms with Gasteiger partial charge in [0.1, 0.15) is 0 Å². The van der Waals surface area contributed by atoms with Crippen LogP contribution < -0.4 is 10.1 Å². The Labute approximate surface area is 142 Å². The van der Waals surface area contributed by atoms with Crippen molar-refractivity contribution >= 4 is 18.3 Å². The van der Waals surface area contributed by atoms with E-state index in [1.165, 1.54) is 19.2 Å². The number of ether oxygens (including phenoxy) is 1. The summed E-state index contributed by atoms with van der Waals surface area (Å²) in [6, 6.07) is 5.09. The van der Waals surface area contributed by atoms with Crippen molar-refractivity contribution in [3.05, 3.63) is 29.6 Å². The summed E-state index contributed by atoms with van der Waals surface area (Å²) in [4.78, 5) is 16.7. The molecule has 0 aliphatic carbocycles. The summed E-state index contributed by atoms with van der Waals surface area (Å²) in [5.74, 6) is -0.696. The lowest BCUT2D eigenvalue weighted by Crippen LogP contribution is -2.49. The van der Waals surface area contributed by atoms with Gasteiger partial charge in [0.15, 0.2) is 11.6 Å². The van der Waals surface area contributed by atoms with E-state index in [2.05, 4.69) is 10.2 Å². The fraction of sp³-hybridized carbons (Fsp3) is 0.562. The molecule has 1 amide bonds. The average Bonchev–Trinajstić information content (AvgIpc) is 3.05. The van der Waals surface area contributed by atoms with Crippen molar-refractivity contribution in [1.29, 1.82) is 0 Å². The van der Waals surface area contributed by atoms with Crippen LogP contribution in [0.25, 0.3) is 0 Å². The number of benzene rings is 1. The maximum atomic E-state index is 14.2. The summed E-state index contributed by atoms with van der Waals surface area (Å²) in [5.41, 5.74) is 0.0975. The Morgan fingerprint density at radius 3 is 2.74 bits per heavy atom. The van der Waals surface area contributed by atoms with Crippen molar-refractivity contribution in [3.8, 4) is 5.75 Å². The Hall–Kier alpha value is -1.37. The molecule has 5 nitrogen and oxygen atoms in total. The third kappa shape index (κ3) is 3.76. The average molecular weight is 344 g/mol. The Morgan fingerprint density at radius 2 is 2.04 bits per heavy atom. The molecule has 2 fully saturated rings. The predicted octanol–water partition coefficient (Wildman–Crippen LogP) is 1.38. The van der Waals surface area contributed by atoms with Crippen molar-refractivity contribution in [2.24, 2.45) is 0 Å². The van der Waals surface area contributed by atoms with E-state index in [9.17, 15) is 9.18 Å². The van der Waals surface area contributed by atoms with Crippen LogP contribution in [0.2, 0.25) is 0 Å². The summed E-state index contributed by atoms with van der Waals surface area (Å²) >= 11 is 0. The molecular weight excluding hydrogens is 321 g/mol. The van der Waals surface area contributed by atoms with Gasteiger partial charge < -0.3 is 15.0 Å². The van der Waals surface area contributed by atoms with Crippen LogP contribution in [0, 0.1) is 5.82 Å². The molecular formula is C16H23ClFN3O2. The number of nitrogens with one attached hydrogen (secondary N) is 1. The third-order valence-electron chi connectivity index (χ3n) is 4.53. The molecule has 0 bridgehead atoms. The van der Waals surface area contributed by atoms with Gasteiger partial charge in [-0.2, -0.15) is 0 Å². The first-order valence-electron chi connectivity index (χ1n) is 7.77. The van der Waals surface area contributed by atoms with E-state index in [0.29, 0.717) is 19.1 Å². The highest BCUT2D eigenvalue weighted by Crippen LogP contribution is 2.24. The Morgan fingerprint density at radius 1 is 1.30 bits per heavy atom. The molecule has 2 aliphatic heterocycles. The predicted molar refractivity (Wildman–Crippen MR) is 89.0 cm³/mol. The number of methoxy groups -OCH3 is 1. The number of hydrogen-bond donors (Lipinski definition) is 1. The van der Waals surface area contributed by atoms with Crippen LogP contribution in [-0.4, -0.2) is 68.1 Å². The molecule has 1 aromatic rings. The van der Waals surface area contributed by atoms with E-state index in [0.717, 1.165) is 32.6 Å². The molecule has 0 spiro atoms. The molecule has 0 radical (unpaired) electrons. The van der Waals surface area contributed by atoms with Crippen LogP contribution in [0.5, 0.6) is 5.75 Å². The second-order valence-corrected chi connectivity index (χ2v) is 5.80. The van der Waals surface area contributed by atoms with Gasteiger partial charge in [0.2, 0.25) is 0 Å². The van der Waals surface area contributed by atoms with Crippen LogP contribution in [0.4, 0.5) is 4.39 Å². The normalized spacial score (nSPS) is 21.8. The molecule has 7 heteroatoms. The van der Waals surface area contributed by atoms with E-state index in [1.807, 2.05) is 0 Å². The number of nitrogens with zero attached hydrogens (tertiary/aromatic N) is 2. The first-order chi connectivity index (χ1) is 10.7. The van der Waals surface area contributed by atoms with Crippen LogP contribution in [0.1, 0.15) is 16.8 Å². The number of hydrogen-bond acceptors (Lipinski definition) is 4. The fourth-order valence-electron chi connectivity index (χ4n) is 3.28. The molecule has 2 aliphatic rings. The number of rotatable bonds is 3. The van der Waals surface area contributed by atoms with Gasteiger partial charge in [0.05, 0.1) is 12.7 Å². The number of halogens is 2. The van der Waals surface area contributed by atoms with Crippen molar-refractivity contribution in [1.82, 2.24) is 15.1 Å². The monoisotopic (exact) mass is 343 g/mol. The fourth-order valence-corrected chi connectivity index (χ4v) is 3.28. The van der Waals surface area contributed by atoms with E-state index >= 15 is 0 Å². The van der Waals surface area contributed by atoms with E-state index in [-0.39, 0.29) is 29.6 Å². The largest absolute Gasteiger partial charge is 0.494 e. The first kappa shape index (κ1) is 18.0. The minimum absolute atomic E-state index is 0. The van der Waals surface area contributed by atoms with Crippen molar-refractivity contribution in [2.45, 2.75) is 12.5 Å². The summed E-state index contributed by atoms with van der Waals surface area (Å²) in [7, 11) is 1.41. The third-order valence-corrected chi connectivity index (χ3v) is 4.53. The highest BCUT2D eigenvalue weighted by Gasteiger charge is 2.32. The zero-order valence-corrected chi connectivity index (χ0v) is 14.1. The first-order valence-corrected chi connectivity index (χ1v) is 7.77. The standard InChI is InChI=1S/C16H22FN3O2.ClH/c1-22-14-4-2-3-13(15(14)17)16(21)20-8-5-12(11-20)19-9-6-18-7-10-19;/h2-4,12,18H,5-11H2,1H3;1H. The van der Waals surface area contributed by atoms with Crippen molar-refractivity contribution < 1.29 is 13.9 Å². The quantitative estimate of drug-likeness (QED) is 0.900. The molecule has 23 heavy (non-hydrogen) atoms. The van der Waals surface area contributed by atoms with E-state index in [1.54, 1.807) is 11.0 Å². The highest BCUT2D eigenvalue weighted by molar-refractivity contribution is 5.95. The summed E-state index contributed by atoms with van der Waals surface area (Å²) in [6.07, 6.45) is 0.956. The summed E-state index contributed by atoms with van der Waals surface area (Å²) in [5, 5.41) is 3.33. The Kier molecular flexibility index (Phi) is 6.21. The lowest BCUT2D eigenvalue weighted by atomic mass is 10.1. The molecule has 128 valence electrons. The second-order valence-electron chi connectivity index (χ2n) is 5.80. The topological polar surface area (TPSA) is 44.8 Å². The maximum absolute atomic E-state index is 14.2. The smallest absolute Gasteiger partial charge is 0.257 e. The molecule has 0 saturated carbocycles.